The van der Waals surface area contributed by atoms with E-state index in [2.05, 4.69) is 30.0 Å². The van der Waals surface area contributed by atoms with Crippen molar-refractivity contribution in [3.8, 4) is 11.3 Å². The van der Waals surface area contributed by atoms with Gasteiger partial charge in [0.25, 0.3) is 5.56 Å². The van der Waals surface area contributed by atoms with Gasteiger partial charge >= 0.3 is 0 Å². The molecule has 17 heavy (non-hydrogen) atoms. The lowest BCUT2D eigenvalue weighted by Crippen LogP contribution is -2.11. The van der Waals surface area contributed by atoms with Crippen molar-refractivity contribution in [1.29, 1.82) is 0 Å². The summed E-state index contributed by atoms with van der Waals surface area (Å²) in [4.78, 5) is 18.4. The third kappa shape index (κ3) is 1.50. The van der Waals surface area contributed by atoms with Crippen LogP contribution in [0, 0.1) is 0 Å². The molecule has 0 aromatic carbocycles. The Hall–Kier alpha value is -2.51. The van der Waals surface area contributed by atoms with Gasteiger partial charge in [0.2, 0.25) is 11.3 Å². The maximum atomic E-state index is 11.8. The van der Waals surface area contributed by atoms with Gasteiger partial charge in [0.1, 0.15) is 5.69 Å². The summed E-state index contributed by atoms with van der Waals surface area (Å²) in [5.74, 6) is 0. The highest BCUT2D eigenvalue weighted by atomic mass is 16.6. The third-order valence-corrected chi connectivity index (χ3v) is 2.37. The highest BCUT2D eigenvalue weighted by Crippen LogP contribution is 2.13. The molecule has 3 rings (SSSR count). The molecule has 0 fully saturated rings. The zero-order chi connectivity index (χ0) is 11.8. The van der Waals surface area contributed by atoms with Crippen LogP contribution in [-0.2, 0) is 6.54 Å². The van der Waals surface area contributed by atoms with E-state index in [1.807, 2.05) is 6.92 Å². The van der Waals surface area contributed by atoms with Gasteiger partial charge in [0.05, 0.1) is 6.20 Å². The lowest BCUT2D eigenvalue weighted by molar-refractivity contribution is 0.314. The number of nitrogens with one attached hydrogen (secondary N) is 1. The fraction of sp³-hybridized carbons (Fsp3) is 0.222. The summed E-state index contributed by atoms with van der Waals surface area (Å²) in [6.07, 6.45) is 3.33. The summed E-state index contributed by atoms with van der Waals surface area (Å²) in [7, 11) is 0. The quantitative estimate of drug-likeness (QED) is 0.676. The molecule has 0 saturated carbocycles. The number of aryl methyl sites for hydroxylation is 1. The Bertz CT molecular complexity index is 724. The molecule has 1 N–H and O–H groups in total. The van der Waals surface area contributed by atoms with E-state index in [1.165, 1.54) is 0 Å². The van der Waals surface area contributed by atoms with Gasteiger partial charge in [0, 0.05) is 18.3 Å². The number of nitrogens with zero attached hydrogens (tertiary/aromatic N) is 5. The van der Waals surface area contributed by atoms with E-state index in [-0.39, 0.29) is 22.5 Å². The Labute approximate surface area is 94.2 Å². The van der Waals surface area contributed by atoms with E-state index in [0.717, 1.165) is 6.54 Å². The number of hydrogen-bond donors (Lipinski definition) is 1. The molecule has 0 bridgehead atoms. The van der Waals surface area contributed by atoms with Crippen LogP contribution in [0.25, 0.3) is 22.6 Å². The predicted octanol–water partition coefficient (Wildman–Crippen LogP) is 0.189. The molecule has 3 aromatic heterocycles. The maximum Gasteiger partial charge on any atom is 0.276 e. The molecule has 8 nitrogen and oxygen atoms in total. The van der Waals surface area contributed by atoms with Crippen molar-refractivity contribution >= 4 is 11.3 Å². The average molecular weight is 232 g/mol. The number of aromatic nitrogens is 6. The summed E-state index contributed by atoms with van der Waals surface area (Å²) in [5.41, 5.74) is 1.06. The summed E-state index contributed by atoms with van der Waals surface area (Å²) < 4.78 is 6.19. The number of H-pyrrole nitrogens is 1. The molecule has 3 heterocycles. The van der Waals surface area contributed by atoms with Gasteiger partial charge in [-0.15, -0.1) is 0 Å². The average Bonchev–Trinajstić information content (AvgIpc) is 2.94. The summed E-state index contributed by atoms with van der Waals surface area (Å²) >= 11 is 0. The first kappa shape index (κ1) is 9.70. The van der Waals surface area contributed by atoms with Crippen molar-refractivity contribution in [2.45, 2.75) is 13.5 Å². The van der Waals surface area contributed by atoms with Crippen LogP contribution in [0.15, 0.2) is 21.8 Å². The molecule has 0 unspecified atom stereocenters. The monoisotopic (exact) mass is 232 g/mol. The molecule has 0 amide bonds. The van der Waals surface area contributed by atoms with Gasteiger partial charge in [0.15, 0.2) is 0 Å². The van der Waals surface area contributed by atoms with Crippen molar-refractivity contribution < 1.29 is 4.63 Å². The Kier molecular flexibility index (Phi) is 2.00. The van der Waals surface area contributed by atoms with E-state index in [4.69, 9.17) is 0 Å². The minimum absolute atomic E-state index is 0.238. The standard InChI is InChI=1S/C9H8N6O2/c1-2-15-4-5(3-10-15)6-9(16)12-8-7(11-6)13-17-14-8/h3-4H,2H2,1H3,(H,12,14,16). The number of rotatable bonds is 2. The van der Waals surface area contributed by atoms with E-state index >= 15 is 0 Å². The number of aromatic amines is 1. The lowest BCUT2D eigenvalue weighted by Gasteiger charge is -1.94. The van der Waals surface area contributed by atoms with Gasteiger partial charge in [-0.1, -0.05) is 0 Å². The molecule has 86 valence electrons. The highest BCUT2D eigenvalue weighted by molar-refractivity contribution is 5.68. The third-order valence-electron chi connectivity index (χ3n) is 2.37. The van der Waals surface area contributed by atoms with E-state index < -0.39 is 0 Å². The summed E-state index contributed by atoms with van der Waals surface area (Å²) in [5, 5.41) is 11.2. The van der Waals surface area contributed by atoms with Gasteiger partial charge in [-0.3, -0.25) is 14.5 Å². The van der Waals surface area contributed by atoms with E-state index in [9.17, 15) is 4.79 Å². The van der Waals surface area contributed by atoms with Crippen LogP contribution in [0.5, 0.6) is 0 Å². The second-order valence-corrected chi connectivity index (χ2v) is 3.44. The van der Waals surface area contributed by atoms with Crippen molar-refractivity contribution in [3.05, 3.63) is 22.7 Å². The Morgan fingerprint density at radius 3 is 3.12 bits per heavy atom. The van der Waals surface area contributed by atoms with Gasteiger partial charge < -0.3 is 0 Å². The first-order valence-corrected chi connectivity index (χ1v) is 5.03. The molecule has 0 spiro atoms. The molecule has 8 heteroatoms. The molecule has 0 aliphatic rings. The fourth-order valence-electron chi connectivity index (χ4n) is 1.51. The van der Waals surface area contributed by atoms with Crippen LogP contribution < -0.4 is 5.56 Å². The van der Waals surface area contributed by atoms with Crippen LogP contribution in [0.4, 0.5) is 0 Å². The van der Waals surface area contributed by atoms with Crippen LogP contribution >= 0.6 is 0 Å². The molecule has 0 aliphatic carbocycles. The number of hydrogen-bond acceptors (Lipinski definition) is 6. The van der Waals surface area contributed by atoms with Gasteiger partial charge in [-0.25, -0.2) is 9.61 Å². The minimum Gasteiger partial charge on any atom is -0.299 e. The largest absolute Gasteiger partial charge is 0.299 e. The fourth-order valence-corrected chi connectivity index (χ4v) is 1.51. The maximum absolute atomic E-state index is 11.8. The van der Waals surface area contributed by atoms with E-state index in [0.29, 0.717) is 5.56 Å². The SMILES string of the molecule is CCn1cc(-c2nc3nonc3[nH]c2=O)cn1. The molecule has 0 saturated heterocycles. The van der Waals surface area contributed by atoms with Crippen molar-refractivity contribution in [3.63, 3.8) is 0 Å². The second kappa shape index (κ2) is 3.51. The first-order chi connectivity index (χ1) is 8.28. The topological polar surface area (TPSA) is 102 Å². The molecule has 0 aliphatic heterocycles. The number of fused-ring (bicyclic) bond motifs is 1. The van der Waals surface area contributed by atoms with Crippen LogP contribution in [0.1, 0.15) is 6.92 Å². The van der Waals surface area contributed by atoms with Crippen molar-refractivity contribution in [2.75, 3.05) is 0 Å². The van der Waals surface area contributed by atoms with Crippen LogP contribution in [0.3, 0.4) is 0 Å². The molecular formula is C9H8N6O2. The normalized spacial score (nSPS) is 11.1. The Morgan fingerprint density at radius 1 is 1.47 bits per heavy atom. The van der Waals surface area contributed by atoms with Crippen LogP contribution in [-0.4, -0.2) is 30.1 Å². The van der Waals surface area contributed by atoms with E-state index in [1.54, 1.807) is 17.1 Å². The summed E-state index contributed by atoms with van der Waals surface area (Å²) in [6.45, 7) is 2.69. The lowest BCUT2D eigenvalue weighted by atomic mass is 10.2. The molecule has 0 radical (unpaired) electrons. The minimum atomic E-state index is -0.344. The van der Waals surface area contributed by atoms with Crippen molar-refractivity contribution in [2.24, 2.45) is 0 Å². The first-order valence-electron chi connectivity index (χ1n) is 5.03. The molecule has 3 aromatic rings. The van der Waals surface area contributed by atoms with Gasteiger partial charge in [-0.05, 0) is 17.2 Å². The van der Waals surface area contributed by atoms with Crippen molar-refractivity contribution in [1.82, 2.24) is 30.1 Å². The smallest absolute Gasteiger partial charge is 0.276 e. The van der Waals surface area contributed by atoms with Gasteiger partial charge in [-0.2, -0.15) is 5.10 Å². The second-order valence-electron chi connectivity index (χ2n) is 3.44. The summed E-state index contributed by atoms with van der Waals surface area (Å²) in [6, 6.07) is 0. The zero-order valence-corrected chi connectivity index (χ0v) is 8.91. The molecule has 0 atom stereocenters. The molecular weight excluding hydrogens is 224 g/mol. The Balaban J connectivity index is 2.21. The Morgan fingerprint density at radius 2 is 2.35 bits per heavy atom. The highest BCUT2D eigenvalue weighted by Gasteiger charge is 2.12. The zero-order valence-electron chi connectivity index (χ0n) is 8.91. The van der Waals surface area contributed by atoms with Crippen LogP contribution in [0.2, 0.25) is 0 Å². The predicted molar refractivity (Wildman–Crippen MR) is 57.1 cm³/mol.